The van der Waals surface area contributed by atoms with Crippen LogP contribution in [0.3, 0.4) is 0 Å². The molecule has 0 aliphatic carbocycles. The van der Waals surface area contributed by atoms with Gasteiger partial charge in [0.25, 0.3) is 0 Å². The first kappa shape index (κ1) is 16.4. The van der Waals surface area contributed by atoms with E-state index >= 15 is 0 Å². The van der Waals surface area contributed by atoms with Crippen LogP contribution in [-0.4, -0.2) is 6.04 Å². The van der Waals surface area contributed by atoms with E-state index in [2.05, 4.69) is 35.1 Å². The zero-order valence-corrected chi connectivity index (χ0v) is 14.7. The summed E-state index contributed by atoms with van der Waals surface area (Å²) in [5.41, 5.74) is 1.13. The summed E-state index contributed by atoms with van der Waals surface area (Å²) in [7, 11) is 0. The molecule has 5 heteroatoms. The van der Waals surface area contributed by atoms with Crippen molar-refractivity contribution >= 4 is 27.5 Å². The van der Waals surface area contributed by atoms with Gasteiger partial charge in [-0.25, -0.2) is 0 Å². The van der Waals surface area contributed by atoms with Crippen molar-refractivity contribution in [1.29, 1.82) is 0 Å². The van der Waals surface area contributed by atoms with Gasteiger partial charge in [0.2, 0.25) is 0 Å². The van der Waals surface area contributed by atoms with Crippen LogP contribution >= 0.6 is 27.5 Å². The summed E-state index contributed by atoms with van der Waals surface area (Å²) in [6, 6.07) is 7.97. The van der Waals surface area contributed by atoms with Crippen molar-refractivity contribution in [3.8, 4) is 5.75 Å². The molecule has 1 N–H and O–H groups in total. The minimum absolute atomic E-state index is 0.365. The molecule has 1 aromatic carbocycles. The first-order valence-corrected chi connectivity index (χ1v) is 8.02. The highest BCUT2D eigenvalue weighted by atomic mass is 79.9. The van der Waals surface area contributed by atoms with Crippen LogP contribution in [0.2, 0.25) is 5.02 Å². The number of furan rings is 1. The molecule has 0 bridgehead atoms. The SMILES string of the molecule is Cc1cc(COc2ccc(Br)cc2Cl)oc1CNC(C)C. The predicted molar refractivity (Wildman–Crippen MR) is 88.9 cm³/mol. The monoisotopic (exact) mass is 371 g/mol. The Hall–Kier alpha value is -0.970. The smallest absolute Gasteiger partial charge is 0.146 e. The van der Waals surface area contributed by atoms with Crippen LogP contribution in [0.4, 0.5) is 0 Å². The Labute approximate surface area is 138 Å². The van der Waals surface area contributed by atoms with Gasteiger partial charge in [-0.05, 0) is 36.8 Å². The maximum absolute atomic E-state index is 6.12. The Morgan fingerprint density at radius 3 is 2.76 bits per heavy atom. The van der Waals surface area contributed by atoms with Crippen LogP contribution in [-0.2, 0) is 13.2 Å². The van der Waals surface area contributed by atoms with E-state index in [1.54, 1.807) is 0 Å². The van der Waals surface area contributed by atoms with Gasteiger partial charge in [0.1, 0.15) is 23.9 Å². The number of aryl methyl sites for hydroxylation is 1. The van der Waals surface area contributed by atoms with Crippen molar-refractivity contribution in [2.75, 3.05) is 0 Å². The van der Waals surface area contributed by atoms with Crippen LogP contribution in [0.5, 0.6) is 5.75 Å². The lowest BCUT2D eigenvalue weighted by molar-refractivity contribution is 0.264. The zero-order valence-electron chi connectivity index (χ0n) is 12.4. The largest absolute Gasteiger partial charge is 0.484 e. The zero-order chi connectivity index (χ0) is 15.4. The Kier molecular flexibility index (Phi) is 5.73. The Bertz CT molecular complexity index is 610. The Balaban J connectivity index is 1.98. The van der Waals surface area contributed by atoms with Crippen LogP contribution in [0.25, 0.3) is 0 Å². The summed E-state index contributed by atoms with van der Waals surface area (Å²) in [4.78, 5) is 0. The number of hydrogen-bond acceptors (Lipinski definition) is 3. The van der Waals surface area contributed by atoms with Crippen LogP contribution in [0.15, 0.2) is 33.2 Å². The predicted octanol–water partition coefficient (Wildman–Crippen LogP) is 5.08. The second-order valence-electron chi connectivity index (χ2n) is 5.22. The lowest BCUT2D eigenvalue weighted by Gasteiger charge is -2.07. The second kappa shape index (κ2) is 7.34. The molecule has 114 valence electrons. The lowest BCUT2D eigenvalue weighted by Crippen LogP contribution is -2.21. The van der Waals surface area contributed by atoms with Crippen LogP contribution in [0.1, 0.15) is 30.9 Å². The molecule has 21 heavy (non-hydrogen) atoms. The summed E-state index contributed by atoms with van der Waals surface area (Å²) in [6.07, 6.45) is 0. The number of ether oxygens (including phenoxy) is 1. The maximum atomic E-state index is 6.12. The molecule has 0 saturated carbocycles. The van der Waals surface area contributed by atoms with Crippen LogP contribution in [0, 0.1) is 6.92 Å². The van der Waals surface area contributed by atoms with Gasteiger partial charge in [0.15, 0.2) is 0 Å². The molecule has 0 atom stereocenters. The molecule has 2 rings (SSSR count). The fourth-order valence-corrected chi connectivity index (χ4v) is 2.60. The lowest BCUT2D eigenvalue weighted by atomic mass is 10.2. The van der Waals surface area contributed by atoms with Crippen molar-refractivity contribution < 1.29 is 9.15 Å². The molecule has 1 aromatic heterocycles. The maximum Gasteiger partial charge on any atom is 0.146 e. The van der Waals surface area contributed by atoms with E-state index in [9.17, 15) is 0 Å². The first-order chi connectivity index (χ1) is 9.95. The molecule has 2 aromatic rings. The van der Waals surface area contributed by atoms with E-state index < -0.39 is 0 Å². The average molecular weight is 373 g/mol. The molecule has 0 unspecified atom stereocenters. The minimum atomic E-state index is 0.365. The third-order valence-corrected chi connectivity index (χ3v) is 3.79. The van der Waals surface area contributed by atoms with Gasteiger partial charge in [-0.1, -0.05) is 41.4 Å². The number of benzene rings is 1. The highest BCUT2D eigenvalue weighted by molar-refractivity contribution is 9.10. The fourth-order valence-electron chi connectivity index (χ4n) is 1.87. The highest BCUT2D eigenvalue weighted by Crippen LogP contribution is 2.28. The van der Waals surface area contributed by atoms with E-state index in [1.807, 2.05) is 31.2 Å². The van der Waals surface area contributed by atoms with Gasteiger partial charge in [-0.3, -0.25) is 0 Å². The molecule has 3 nitrogen and oxygen atoms in total. The molecule has 0 radical (unpaired) electrons. The van der Waals surface area contributed by atoms with Gasteiger partial charge in [-0.2, -0.15) is 0 Å². The van der Waals surface area contributed by atoms with Gasteiger partial charge < -0.3 is 14.5 Å². The van der Waals surface area contributed by atoms with Crippen molar-refractivity contribution in [1.82, 2.24) is 5.32 Å². The Morgan fingerprint density at radius 2 is 2.10 bits per heavy atom. The van der Waals surface area contributed by atoms with E-state index in [-0.39, 0.29) is 0 Å². The minimum Gasteiger partial charge on any atom is -0.484 e. The van der Waals surface area contributed by atoms with E-state index in [0.717, 1.165) is 28.1 Å². The van der Waals surface area contributed by atoms with E-state index in [0.29, 0.717) is 23.4 Å². The van der Waals surface area contributed by atoms with Crippen molar-refractivity contribution in [2.24, 2.45) is 0 Å². The summed E-state index contributed by atoms with van der Waals surface area (Å²) in [5, 5.41) is 3.92. The standard InChI is InChI=1S/C16H19BrClNO2/c1-10(2)19-8-16-11(3)6-13(21-16)9-20-15-5-4-12(17)7-14(15)18/h4-7,10,19H,8-9H2,1-3H3. The number of hydrogen-bond donors (Lipinski definition) is 1. The molecule has 0 aliphatic heterocycles. The van der Waals surface area contributed by atoms with Gasteiger partial charge in [0, 0.05) is 10.5 Å². The van der Waals surface area contributed by atoms with Crippen molar-refractivity contribution in [2.45, 2.75) is 40.0 Å². The molecular weight excluding hydrogens is 354 g/mol. The third kappa shape index (κ3) is 4.77. The summed E-state index contributed by atoms with van der Waals surface area (Å²) < 4.78 is 12.4. The van der Waals surface area contributed by atoms with E-state index in [1.165, 1.54) is 0 Å². The van der Waals surface area contributed by atoms with Gasteiger partial charge in [-0.15, -0.1) is 0 Å². The first-order valence-electron chi connectivity index (χ1n) is 6.85. The molecule has 0 spiro atoms. The van der Waals surface area contributed by atoms with Gasteiger partial charge >= 0.3 is 0 Å². The summed E-state index contributed by atoms with van der Waals surface area (Å²) in [6.45, 7) is 7.35. The number of nitrogens with one attached hydrogen (secondary N) is 1. The average Bonchev–Trinajstić information content (AvgIpc) is 2.76. The van der Waals surface area contributed by atoms with Gasteiger partial charge in [0.05, 0.1) is 11.6 Å². The number of rotatable bonds is 6. The highest BCUT2D eigenvalue weighted by Gasteiger charge is 2.10. The van der Waals surface area contributed by atoms with Crippen molar-refractivity contribution in [3.05, 3.63) is 50.8 Å². The Morgan fingerprint density at radius 1 is 1.33 bits per heavy atom. The number of halogens is 2. The second-order valence-corrected chi connectivity index (χ2v) is 6.54. The topological polar surface area (TPSA) is 34.4 Å². The van der Waals surface area contributed by atoms with Crippen LogP contribution < -0.4 is 10.1 Å². The van der Waals surface area contributed by atoms with E-state index in [4.69, 9.17) is 20.8 Å². The molecular formula is C16H19BrClNO2. The van der Waals surface area contributed by atoms with Crippen molar-refractivity contribution in [3.63, 3.8) is 0 Å². The summed E-state index contributed by atoms with van der Waals surface area (Å²) in [5.74, 6) is 2.40. The molecule has 1 heterocycles. The third-order valence-electron chi connectivity index (χ3n) is 3.01. The fraction of sp³-hybridized carbons (Fsp3) is 0.375. The molecule has 0 aliphatic rings. The molecule has 0 saturated heterocycles. The normalized spacial score (nSPS) is 11.1. The molecule has 0 fully saturated rings. The summed E-state index contributed by atoms with van der Waals surface area (Å²) >= 11 is 9.49. The quantitative estimate of drug-likeness (QED) is 0.767. The molecule has 0 amide bonds.